The van der Waals surface area contributed by atoms with E-state index < -0.39 is 40.4 Å². The van der Waals surface area contributed by atoms with Gasteiger partial charge < -0.3 is 4.90 Å². The minimum Gasteiger partial charge on any atom is -0.339 e. The van der Waals surface area contributed by atoms with E-state index >= 15 is 8.78 Å². The van der Waals surface area contributed by atoms with Crippen LogP contribution in [0.5, 0.6) is 0 Å². The second kappa shape index (κ2) is 9.51. The Kier molecular flexibility index (Phi) is 6.33. The summed E-state index contributed by atoms with van der Waals surface area (Å²) in [4.78, 5) is 14.1. The molecule has 1 saturated heterocycles. The molecular weight excluding hydrogens is 502 g/mol. The molecule has 0 atom stereocenters. The molecule has 38 heavy (non-hydrogen) atoms. The number of carbonyl (C=O) groups excluding carboxylic acids is 1. The maximum Gasteiger partial charge on any atom is 0.333 e. The zero-order valence-corrected chi connectivity index (χ0v) is 20.3. The molecule has 0 spiro atoms. The maximum atomic E-state index is 15.5. The molecule has 2 aromatic heterocycles. The standard InChI is InChI=1S/C26H23F4N7O/c1-35-14-16-5-7-18(20(28)13-22(16)33-35)26(29,30)25(32)37-23(31)9-8-21(34-37)15-4-6-17(19(27)12-15)24(38)36-10-2-3-11-36/h4,6-9,12-14,31-32H,2-3,5,10-11H2,1H3. The van der Waals surface area contributed by atoms with Gasteiger partial charge in [-0.05, 0) is 43.5 Å². The Morgan fingerprint density at radius 3 is 2.53 bits per heavy atom. The number of nitrogens with one attached hydrogen (secondary N) is 2. The highest BCUT2D eigenvalue weighted by Crippen LogP contribution is 2.35. The highest BCUT2D eigenvalue weighted by atomic mass is 19.3. The van der Waals surface area contributed by atoms with Crippen molar-refractivity contribution in [1.29, 1.82) is 10.8 Å². The Balaban J connectivity index is 1.45. The minimum absolute atomic E-state index is 0.0106. The minimum atomic E-state index is -4.14. The van der Waals surface area contributed by atoms with Crippen LogP contribution in [0.4, 0.5) is 17.6 Å². The van der Waals surface area contributed by atoms with Gasteiger partial charge in [0.2, 0.25) is 0 Å². The normalized spacial score (nSPS) is 15.6. The quantitative estimate of drug-likeness (QED) is 0.305. The third-order valence-corrected chi connectivity index (χ3v) is 6.55. The van der Waals surface area contributed by atoms with Crippen molar-refractivity contribution in [2.75, 3.05) is 13.1 Å². The average molecular weight is 526 g/mol. The number of carbonyl (C=O) groups is 1. The van der Waals surface area contributed by atoms with Crippen LogP contribution in [0.2, 0.25) is 0 Å². The summed E-state index contributed by atoms with van der Waals surface area (Å²) >= 11 is 0. The molecule has 0 saturated carbocycles. The number of aryl methyl sites for hydroxylation is 1. The summed E-state index contributed by atoms with van der Waals surface area (Å²) in [7, 11) is 1.63. The van der Waals surface area contributed by atoms with Crippen LogP contribution in [0, 0.1) is 16.6 Å². The van der Waals surface area contributed by atoms with Gasteiger partial charge in [-0.25, -0.2) is 8.78 Å². The summed E-state index contributed by atoms with van der Waals surface area (Å²) in [5.41, 5.74) is -0.792. The van der Waals surface area contributed by atoms with E-state index in [-0.39, 0.29) is 28.9 Å². The summed E-state index contributed by atoms with van der Waals surface area (Å²) in [6, 6.07) is 6.22. The average Bonchev–Trinajstić information content (AvgIpc) is 3.50. The van der Waals surface area contributed by atoms with Gasteiger partial charge in [0.05, 0.1) is 22.5 Å². The number of nitrogens with zero attached hydrogens (tertiary/aromatic N) is 5. The Hall–Kier alpha value is -4.35. The van der Waals surface area contributed by atoms with E-state index in [9.17, 15) is 13.6 Å². The van der Waals surface area contributed by atoms with E-state index in [0.717, 1.165) is 37.1 Å². The Morgan fingerprint density at radius 1 is 1.08 bits per heavy atom. The summed E-state index contributed by atoms with van der Waals surface area (Å²) < 4.78 is 62.5. The molecule has 1 aliphatic heterocycles. The Bertz CT molecular complexity index is 1580. The van der Waals surface area contributed by atoms with Crippen LogP contribution in [-0.2, 0) is 13.5 Å². The lowest BCUT2D eigenvalue weighted by atomic mass is 10.0. The molecule has 1 aliphatic carbocycles. The number of hydrogen-bond donors (Lipinski definition) is 2. The number of hydrogen-bond acceptors (Lipinski definition) is 5. The van der Waals surface area contributed by atoms with Crippen molar-refractivity contribution in [3.63, 3.8) is 0 Å². The SMILES string of the molecule is Cn1cc2c(n1)C=C(F)C(C(F)(F)C(=N)n1nc(-c3ccc(C(=O)N4CCCC4)c(F)c3)ccc1=N)=CC2. The molecule has 5 rings (SSSR count). The van der Waals surface area contributed by atoms with Gasteiger partial charge in [0.15, 0.2) is 5.84 Å². The molecule has 0 bridgehead atoms. The summed E-state index contributed by atoms with van der Waals surface area (Å²) in [6.07, 6.45) is 5.15. The smallest absolute Gasteiger partial charge is 0.333 e. The molecule has 3 heterocycles. The first-order valence-corrected chi connectivity index (χ1v) is 11.9. The van der Waals surface area contributed by atoms with Crippen molar-refractivity contribution in [1.82, 2.24) is 24.5 Å². The van der Waals surface area contributed by atoms with Crippen LogP contribution in [0.25, 0.3) is 17.3 Å². The van der Waals surface area contributed by atoms with E-state index in [4.69, 9.17) is 10.8 Å². The van der Waals surface area contributed by atoms with Gasteiger partial charge in [-0.2, -0.15) is 23.7 Å². The van der Waals surface area contributed by atoms with Gasteiger partial charge in [0, 0.05) is 43.5 Å². The lowest BCUT2D eigenvalue weighted by molar-refractivity contribution is 0.0788. The molecule has 2 aliphatic rings. The molecular formula is C26H23F4N7O. The number of alkyl halides is 2. The lowest BCUT2D eigenvalue weighted by Gasteiger charge is -2.21. The number of aromatic nitrogens is 4. The number of fused-ring (bicyclic) bond motifs is 1. The first kappa shape index (κ1) is 25.3. The van der Waals surface area contributed by atoms with Crippen LogP contribution in [0.15, 0.2) is 54.0 Å². The van der Waals surface area contributed by atoms with E-state index in [2.05, 4.69) is 10.2 Å². The fourth-order valence-corrected chi connectivity index (χ4v) is 4.57. The number of amides is 1. The molecule has 0 unspecified atom stereocenters. The van der Waals surface area contributed by atoms with Gasteiger partial charge in [-0.1, -0.05) is 12.1 Å². The molecule has 0 radical (unpaired) electrons. The molecule has 2 N–H and O–H groups in total. The summed E-state index contributed by atoms with van der Waals surface area (Å²) in [5, 5.41) is 24.2. The predicted molar refractivity (Wildman–Crippen MR) is 131 cm³/mol. The monoisotopic (exact) mass is 525 g/mol. The van der Waals surface area contributed by atoms with E-state index in [1.165, 1.54) is 22.9 Å². The fraction of sp³-hybridized carbons (Fsp3) is 0.269. The number of benzene rings is 1. The molecule has 196 valence electrons. The number of allylic oxidation sites excluding steroid dienone is 3. The van der Waals surface area contributed by atoms with Crippen molar-refractivity contribution >= 4 is 17.8 Å². The van der Waals surface area contributed by atoms with Crippen molar-refractivity contribution in [2.24, 2.45) is 7.05 Å². The number of likely N-dealkylation sites (tertiary alicyclic amines) is 1. The first-order chi connectivity index (χ1) is 18.1. The van der Waals surface area contributed by atoms with Gasteiger partial charge in [-0.15, -0.1) is 0 Å². The molecule has 1 aromatic carbocycles. The second-order valence-electron chi connectivity index (χ2n) is 9.16. The van der Waals surface area contributed by atoms with E-state index in [1.807, 2.05) is 0 Å². The summed E-state index contributed by atoms with van der Waals surface area (Å²) in [5.74, 6) is -8.06. The Morgan fingerprint density at radius 2 is 1.82 bits per heavy atom. The van der Waals surface area contributed by atoms with Crippen molar-refractivity contribution in [3.05, 3.63) is 82.1 Å². The zero-order valence-electron chi connectivity index (χ0n) is 20.3. The number of rotatable bonds is 4. The van der Waals surface area contributed by atoms with Gasteiger partial charge in [-0.3, -0.25) is 20.3 Å². The number of halogens is 4. The molecule has 12 heteroatoms. The molecule has 1 fully saturated rings. The van der Waals surface area contributed by atoms with Crippen LogP contribution in [0.1, 0.15) is 34.5 Å². The molecule has 1 amide bonds. The third kappa shape index (κ3) is 4.46. The topological polar surface area (TPSA) is 104 Å². The maximum absolute atomic E-state index is 15.5. The molecule has 3 aromatic rings. The fourth-order valence-electron chi connectivity index (χ4n) is 4.57. The Labute approximate surface area is 214 Å². The van der Waals surface area contributed by atoms with E-state index in [0.29, 0.717) is 23.3 Å². The second-order valence-corrected chi connectivity index (χ2v) is 9.16. The van der Waals surface area contributed by atoms with Crippen LogP contribution < -0.4 is 5.49 Å². The zero-order chi connectivity index (χ0) is 27.2. The first-order valence-electron chi connectivity index (χ1n) is 11.9. The van der Waals surface area contributed by atoms with Crippen molar-refractivity contribution in [3.8, 4) is 11.3 Å². The van der Waals surface area contributed by atoms with Crippen LogP contribution in [0.3, 0.4) is 0 Å². The third-order valence-electron chi connectivity index (χ3n) is 6.55. The van der Waals surface area contributed by atoms with Crippen molar-refractivity contribution < 1.29 is 22.4 Å². The predicted octanol–water partition coefficient (Wildman–Crippen LogP) is 4.09. The molecule has 8 nitrogen and oxygen atoms in total. The van der Waals surface area contributed by atoms with Gasteiger partial charge >= 0.3 is 5.92 Å². The van der Waals surface area contributed by atoms with Crippen LogP contribution in [-0.4, -0.2) is 55.2 Å². The highest BCUT2D eigenvalue weighted by molar-refractivity contribution is 5.95. The summed E-state index contributed by atoms with van der Waals surface area (Å²) in [6.45, 7) is 1.11. The lowest BCUT2D eigenvalue weighted by Crippen LogP contribution is -2.42. The van der Waals surface area contributed by atoms with Gasteiger partial charge in [0.25, 0.3) is 5.91 Å². The van der Waals surface area contributed by atoms with E-state index in [1.54, 1.807) is 18.1 Å². The van der Waals surface area contributed by atoms with Crippen LogP contribution >= 0.6 is 0 Å². The van der Waals surface area contributed by atoms with Crippen molar-refractivity contribution in [2.45, 2.75) is 25.2 Å². The largest absolute Gasteiger partial charge is 0.339 e. The van der Waals surface area contributed by atoms with Gasteiger partial charge in [0.1, 0.15) is 17.1 Å². The highest BCUT2D eigenvalue weighted by Gasteiger charge is 2.44.